The van der Waals surface area contributed by atoms with E-state index in [1.807, 2.05) is 0 Å². The third-order valence-electron chi connectivity index (χ3n) is 1.62. The van der Waals surface area contributed by atoms with Crippen LogP contribution in [0.1, 0.15) is 6.92 Å². The van der Waals surface area contributed by atoms with Gasteiger partial charge in [-0.05, 0) is 0 Å². The van der Waals surface area contributed by atoms with E-state index in [0.29, 0.717) is 0 Å². The minimum atomic E-state index is -0.989. The summed E-state index contributed by atoms with van der Waals surface area (Å²) < 4.78 is 4.36. The van der Waals surface area contributed by atoms with Gasteiger partial charge < -0.3 is 26.2 Å². The lowest BCUT2D eigenvalue weighted by atomic mass is 10.2. The molecule has 0 aromatic rings. The number of nitrogens with two attached hydrogens (primary N) is 1. The molecule has 92 valence electrons. The van der Waals surface area contributed by atoms with Gasteiger partial charge in [0.05, 0.1) is 12.5 Å². The van der Waals surface area contributed by atoms with Crippen LogP contribution < -0.4 is 16.4 Å². The SMILES string of the molecule is CC(CNC(=O)NCCOC(N)=O)C(=O)O. The van der Waals surface area contributed by atoms with Crippen molar-refractivity contribution >= 4 is 18.1 Å². The summed E-state index contributed by atoms with van der Waals surface area (Å²) in [5.74, 6) is -1.65. The molecular formula is C8H15N3O5. The van der Waals surface area contributed by atoms with E-state index in [2.05, 4.69) is 21.1 Å². The third kappa shape index (κ3) is 7.42. The number of amides is 3. The van der Waals surface area contributed by atoms with Gasteiger partial charge in [-0.1, -0.05) is 6.92 Å². The average Bonchev–Trinajstić information content (AvgIpc) is 2.20. The average molecular weight is 233 g/mol. The quantitative estimate of drug-likeness (QED) is 0.441. The van der Waals surface area contributed by atoms with Crippen molar-refractivity contribution < 1.29 is 24.2 Å². The molecule has 0 aromatic heterocycles. The zero-order chi connectivity index (χ0) is 12.6. The highest BCUT2D eigenvalue weighted by Crippen LogP contribution is 1.90. The molecule has 0 spiro atoms. The number of primary amides is 1. The number of urea groups is 1. The Balaban J connectivity index is 3.52. The Morgan fingerprint density at radius 3 is 2.50 bits per heavy atom. The second-order valence-corrected chi connectivity index (χ2v) is 3.04. The van der Waals surface area contributed by atoms with Crippen LogP contribution in [0.5, 0.6) is 0 Å². The third-order valence-corrected chi connectivity index (χ3v) is 1.62. The van der Waals surface area contributed by atoms with Gasteiger partial charge in [0.25, 0.3) is 0 Å². The smallest absolute Gasteiger partial charge is 0.404 e. The van der Waals surface area contributed by atoms with Crippen molar-refractivity contribution in [2.45, 2.75) is 6.92 Å². The molecule has 0 aromatic carbocycles. The zero-order valence-electron chi connectivity index (χ0n) is 8.86. The molecule has 0 saturated carbocycles. The lowest BCUT2D eigenvalue weighted by molar-refractivity contribution is -0.140. The van der Waals surface area contributed by atoms with E-state index >= 15 is 0 Å². The maximum Gasteiger partial charge on any atom is 0.404 e. The second-order valence-electron chi connectivity index (χ2n) is 3.04. The number of carbonyl (C=O) groups excluding carboxylic acids is 2. The minimum Gasteiger partial charge on any atom is -0.481 e. The fraction of sp³-hybridized carbons (Fsp3) is 0.625. The van der Waals surface area contributed by atoms with Crippen LogP contribution >= 0.6 is 0 Å². The maximum absolute atomic E-state index is 11.0. The van der Waals surface area contributed by atoms with Crippen molar-refractivity contribution in [1.29, 1.82) is 0 Å². The molecule has 0 fully saturated rings. The minimum absolute atomic E-state index is 0.0256. The molecule has 5 N–H and O–H groups in total. The topological polar surface area (TPSA) is 131 Å². The molecule has 0 aliphatic heterocycles. The first-order valence-electron chi connectivity index (χ1n) is 4.60. The predicted octanol–water partition coefficient (Wildman–Crippen LogP) is -0.898. The summed E-state index contributed by atoms with van der Waals surface area (Å²) in [5.41, 5.74) is 4.69. The monoisotopic (exact) mass is 233 g/mol. The maximum atomic E-state index is 11.0. The van der Waals surface area contributed by atoms with Gasteiger partial charge in [0.2, 0.25) is 0 Å². The Kier molecular flexibility index (Phi) is 6.41. The fourth-order valence-corrected chi connectivity index (χ4v) is 0.712. The van der Waals surface area contributed by atoms with Gasteiger partial charge in [-0.15, -0.1) is 0 Å². The lowest BCUT2D eigenvalue weighted by Gasteiger charge is -2.09. The van der Waals surface area contributed by atoms with E-state index in [9.17, 15) is 14.4 Å². The molecule has 0 radical (unpaired) electrons. The first-order chi connectivity index (χ1) is 7.43. The van der Waals surface area contributed by atoms with E-state index in [1.165, 1.54) is 6.92 Å². The number of carbonyl (C=O) groups is 3. The Morgan fingerprint density at radius 2 is 2.00 bits per heavy atom. The van der Waals surface area contributed by atoms with Crippen LogP contribution in [0.4, 0.5) is 9.59 Å². The number of aliphatic carboxylic acids is 1. The number of hydrogen-bond donors (Lipinski definition) is 4. The molecule has 8 nitrogen and oxygen atoms in total. The summed E-state index contributed by atoms with van der Waals surface area (Å²) >= 11 is 0. The van der Waals surface area contributed by atoms with Crippen molar-refractivity contribution in [3.05, 3.63) is 0 Å². The number of carboxylic acids is 1. The summed E-state index contributed by atoms with van der Waals surface area (Å²) in [6.07, 6.45) is -0.915. The van der Waals surface area contributed by atoms with E-state index in [4.69, 9.17) is 5.11 Å². The number of rotatable bonds is 6. The molecule has 0 bridgehead atoms. The van der Waals surface area contributed by atoms with Crippen LogP contribution in [0.3, 0.4) is 0 Å². The van der Waals surface area contributed by atoms with Crippen LogP contribution in [0.15, 0.2) is 0 Å². The van der Waals surface area contributed by atoms with Crippen molar-refractivity contribution in [3.8, 4) is 0 Å². The highest BCUT2D eigenvalue weighted by atomic mass is 16.5. The van der Waals surface area contributed by atoms with Crippen LogP contribution in [-0.4, -0.2) is 42.9 Å². The van der Waals surface area contributed by atoms with Crippen LogP contribution in [0, 0.1) is 5.92 Å². The van der Waals surface area contributed by atoms with E-state index in [-0.39, 0.29) is 19.7 Å². The fourth-order valence-electron chi connectivity index (χ4n) is 0.712. The molecule has 0 heterocycles. The molecule has 3 amide bonds. The molecule has 0 rings (SSSR count). The highest BCUT2D eigenvalue weighted by molar-refractivity contribution is 5.75. The van der Waals surface area contributed by atoms with E-state index < -0.39 is 24.0 Å². The molecular weight excluding hydrogens is 218 g/mol. The normalized spacial score (nSPS) is 11.3. The van der Waals surface area contributed by atoms with Crippen LogP contribution in [0.2, 0.25) is 0 Å². The summed E-state index contributed by atoms with van der Waals surface area (Å²) in [6.45, 7) is 1.57. The van der Waals surface area contributed by atoms with Crippen LogP contribution in [-0.2, 0) is 9.53 Å². The number of ether oxygens (including phenoxy) is 1. The molecule has 0 aliphatic carbocycles. The standard InChI is InChI=1S/C8H15N3O5/c1-5(6(12)13)4-11-8(15)10-2-3-16-7(9)14/h5H,2-4H2,1H3,(H2,9,14)(H,12,13)(H2,10,11,15). The predicted molar refractivity (Wildman–Crippen MR) is 53.7 cm³/mol. The van der Waals surface area contributed by atoms with Gasteiger partial charge in [0, 0.05) is 6.54 Å². The summed E-state index contributed by atoms with van der Waals surface area (Å²) in [7, 11) is 0. The Morgan fingerprint density at radius 1 is 1.38 bits per heavy atom. The molecule has 8 heteroatoms. The lowest BCUT2D eigenvalue weighted by Crippen LogP contribution is -2.40. The molecule has 0 aliphatic rings. The van der Waals surface area contributed by atoms with Crippen molar-refractivity contribution in [2.24, 2.45) is 11.7 Å². The molecule has 1 atom stereocenters. The largest absolute Gasteiger partial charge is 0.481 e. The molecule has 0 saturated heterocycles. The molecule has 16 heavy (non-hydrogen) atoms. The van der Waals surface area contributed by atoms with Gasteiger partial charge in [0.15, 0.2) is 0 Å². The first-order valence-corrected chi connectivity index (χ1v) is 4.60. The van der Waals surface area contributed by atoms with Crippen molar-refractivity contribution in [1.82, 2.24) is 10.6 Å². The zero-order valence-corrected chi connectivity index (χ0v) is 8.86. The van der Waals surface area contributed by atoms with Gasteiger partial charge in [-0.2, -0.15) is 0 Å². The van der Waals surface area contributed by atoms with Crippen LogP contribution in [0.25, 0.3) is 0 Å². The van der Waals surface area contributed by atoms with Gasteiger partial charge in [0.1, 0.15) is 6.61 Å². The van der Waals surface area contributed by atoms with E-state index in [1.54, 1.807) is 0 Å². The first kappa shape index (κ1) is 14.0. The van der Waals surface area contributed by atoms with Gasteiger partial charge in [-0.3, -0.25) is 4.79 Å². The Bertz CT molecular complexity index is 268. The van der Waals surface area contributed by atoms with Crippen molar-refractivity contribution in [3.63, 3.8) is 0 Å². The van der Waals surface area contributed by atoms with Gasteiger partial charge in [-0.25, -0.2) is 9.59 Å². The second kappa shape index (κ2) is 7.32. The number of nitrogens with one attached hydrogen (secondary N) is 2. The Hall–Kier alpha value is -1.99. The number of carboxylic acid groups (broad SMARTS) is 1. The van der Waals surface area contributed by atoms with Gasteiger partial charge >= 0.3 is 18.1 Å². The number of hydrogen-bond acceptors (Lipinski definition) is 4. The summed E-state index contributed by atoms with van der Waals surface area (Å²) in [6, 6.07) is -0.527. The van der Waals surface area contributed by atoms with Crippen molar-refractivity contribution in [2.75, 3.05) is 19.7 Å². The highest BCUT2D eigenvalue weighted by Gasteiger charge is 2.11. The Labute approximate surface area is 92.1 Å². The molecule has 1 unspecified atom stereocenters. The van der Waals surface area contributed by atoms with E-state index in [0.717, 1.165) is 0 Å². The summed E-state index contributed by atoms with van der Waals surface area (Å²) in [5, 5.41) is 13.2. The summed E-state index contributed by atoms with van der Waals surface area (Å²) in [4.78, 5) is 31.6.